The first-order chi connectivity index (χ1) is 15.3. The second kappa shape index (κ2) is 9.02. The van der Waals surface area contributed by atoms with Gasteiger partial charge in [-0.25, -0.2) is 9.67 Å². The molecule has 0 bridgehead atoms. The van der Waals surface area contributed by atoms with Crippen LogP contribution >= 0.6 is 0 Å². The fourth-order valence-corrected chi connectivity index (χ4v) is 3.97. The number of carbonyl (C=O) groups is 1. The van der Waals surface area contributed by atoms with E-state index in [4.69, 9.17) is 0 Å². The van der Waals surface area contributed by atoms with Gasteiger partial charge in [-0.05, 0) is 75.1 Å². The Kier molecular flexibility index (Phi) is 6.16. The third kappa shape index (κ3) is 5.27. The number of aryl methyl sites for hydroxylation is 1. The summed E-state index contributed by atoms with van der Waals surface area (Å²) >= 11 is 0. The van der Waals surface area contributed by atoms with Crippen LogP contribution in [-0.4, -0.2) is 32.8 Å². The minimum absolute atomic E-state index is 0.0382. The molecule has 2 aromatic heterocycles. The van der Waals surface area contributed by atoms with E-state index in [0.29, 0.717) is 16.9 Å². The van der Waals surface area contributed by atoms with E-state index < -0.39 is 11.9 Å². The molecule has 0 aliphatic heterocycles. The van der Waals surface area contributed by atoms with Crippen molar-refractivity contribution in [3.63, 3.8) is 0 Å². The molecular weight excluding hydrogens is 419 g/mol. The van der Waals surface area contributed by atoms with Gasteiger partial charge in [0.1, 0.15) is 5.69 Å². The van der Waals surface area contributed by atoms with E-state index in [1.807, 2.05) is 24.4 Å². The third-order valence-corrected chi connectivity index (χ3v) is 5.58. The number of benzene rings is 1. The molecule has 1 saturated carbocycles. The molecule has 1 fully saturated rings. The van der Waals surface area contributed by atoms with Gasteiger partial charge in [-0.1, -0.05) is 0 Å². The number of aromatic nitrogens is 3. The highest BCUT2D eigenvalue weighted by atomic mass is 19.4. The maximum atomic E-state index is 13.0. The van der Waals surface area contributed by atoms with Crippen molar-refractivity contribution in [2.45, 2.75) is 50.9 Å². The Labute approximate surface area is 183 Å². The summed E-state index contributed by atoms with van der Waals surface area (Å²) in [6.45, 7) is 1.55. The van der Waals surface area contributed by atoms with Gasteiger partial charge in [-0.2, -0.15) is 18.3 Å². The number of rotatable bonds is 5. The van der Waals surface area contributed by atoms with Gasteiger partial charge in [0.2, 0.25) is 0 Å². The molecule has 168 valence electrons. The van der Waals surface area contributed by atoms with Crippen molar-refractivity contribution in [1.29, 1.82) is 0 Å². The highest BCUT2D eigenvalue weighted by Crippen LogP contribution is 2.31. The van der Waals surface area contributed by atoms with Crippen LogP contribution in [0.1, 0.15) is 47.4 Å². The Hall–Kier alpha value is -3.36. The number of halogens is 3. The third-order valence-electron chi connectivity index (χ3n) is 5.58. The topological polar surface area (TPSA) is 71.8 Å². The highest BCUT2D eigenvalue weighted by molar-refractivity contribution is 5.94. The molecular formula is C23H24F3N5O. The lowest BCUT2D eigenvalue weighted by Gasteiger charge is -2.30. The Bertz CT molecular complexity index is 1060. The van der Waals surface area contributed by atoms with Crippen molar-refractivity contribution >= 4 is 11.6 Å². The minimum atomic E-state index is -4.47. The Morgan fingerprint density at radius 2 is 1.75 bits per heavy atom. The van der Waals surface area contributed by atoms with E-state index in [9.17, 15) is 18.0 Å². The summed E-state index contributed by atoms with van der Waals surface area (Å²) < 4.78 is 40.7. The number of pyridine rings is 1. The normalized spacial score (nSPS) is 18.9. The lowest BCUT2D eigenvalue weighted by molar-refractivity contribution is -0.141. The number of nitrogens with one attached hydrogen (secondary N) is 2. The van der Waals surface area contributed by atoms with Gasteiger partial charge in [-0.15, -0.1) is 0 Å². The van der Waals surface area contributed by atoms with Gasteiger partial charge in [0.15, 0.2) is 0 Å². The summed E-state index contributed by atoms with van der Waals surface area (Å²) in [5.41, 5.74) is 1.31. The molecule has 0 spiro atoms. The Balaban J connectivity index is 1.29. The quantitative estimate of drug-likeness (QED) is 0.597. The van der Waals surface area contributed by atoms with Gasteiger partial charge in [0, 0.05) is 41.4 Å². The van der Waals surface area contributed by atoms with E-state index in [-0.39, 0.29) is 18.0 Å². The zero-order chi connectivity index (χ0) is 22.7. The van der Waals surface area contributed by atoms with Gasteiger partial charge in [0.25, 0.3) is 5.91 Å². The molecule has 1 aliphatic rings. The minimum Gasteiger partial charge on any atom is -0.382 e. The summed E-state index contributed by atoms with van der Waals surface area (Å²) in [6.07, 6.45) is 2.07. The SMILES string of the molecule is Cc1cc(NC2CCC(NC(=O)c3ccc(-n4cccn4)cc3)CC2)cc(C(F)(F)F)n1. The molecule has 1 aromatic carbocycles. The molecule has 3 aromatic rings. The van der Waals surface area contributed by atoms with Crippen molar-refractivity contribution in [3.05, 3.63) is 71.8 Å². The molecule has 6 nitrogen and oxygen atoms in total. The van der Waals surface area contributed by atoms with Crippen molar-refractivity contribution in [2.24, 2.45) is 0 Å². The van der Waals surface area contributed by atoms with Gasteiger partial charge in [-0.3, -0.25) is 4.79 Å². The van der Waals surface area contributed by atoms with Gasteiger partial charge >= 0.3 is 6.18 Å². The van der Waals surface area contributed by atoms with Crippen molar-refractivity contribution in [1.82, 2.24) is 20.1 Å². The molecule has 1 aliphatic carbocycles. The predicted molar refractivity (Wildman–Crippen MR) is 115 cm³/mol. The molecule has 1 amide bonds. The number of alkyl halides is 3. The second-order valence-corrected chi connectivity index (χ2v) is 8.04. The number of carbonyl (C=O) groups excluding carboxylic acids is 1. The number of amides is 1. The average molecular weight is 443 g/mol. The molecule has 0 saturated heterocycles. The summed E-state index contributed by atoms with van der Waals surface area (Å²) in [5, 5.41) is 10.4. The largest absolute Gasteiger partial charge is 0.433 e. The first kappa shape index (κ1) is 21.9. The van der Waals surface area contributed by atoms with Crippen LogP contribution in [0, 0.1) is 6.92 Å². The van der Waals surface area contributed by atoms with E-state index in [2.05, 4.69) is 20.7 Å². The summed E-state index contributed by atoms with van der Waals surface area (Å²) in [6, 6.07) is 11.8. The van der Waals surface area contributed by atoms with Crippen molar-refractivity contribution < 1.29 is 18.0 Å². The van der Waals surface area contributed by atoms with Crippen molar-refractivity contribution in [3.8, 4) is 5.69 Å². The number of nitrogens with zero attached hydrogens (tertiary/aromatic N) is 3. The van der Waals surface area contributed by atoms with E-state index >= 15 is 0 Å². The lowest BCUT2D eigenvalue weighted by Crippen LogP contribution is -2.40. The molecule has 0 radical (unpaired) electrons. The van der Waals surface area contributed by atoms with Crippen LogP contribution in [0.25, 0.3) is 5.69 Å². The van der Waals surface area contributed by atoms with E-state index in [1.54, 1.807) is 36.0 Å². The van der Waals surface area contributed by atoms with Crippen molar-refractivity contribution in [2.75, 3.05) is 5.32 Å². The summed E-state index contributed by atoms with van der Waals surface area (Å²) in [5.74, 6) is -0.131. The van der Waals surface area contributed by atoms with Crippen LogP contribution in [-0.2, 0) is 6.18 Å². The van der Waals surface area contributed by atoms with Crippen LogP contribution in [0.4, 0.5) is 18.9 Å². The van der Waals surface area contributed by atoms with E-state index in [1.165, 1.54) is 0 Å². The fraction of sp³-hybridized carbons (Fsp3) is 0.348. The molecule has 2 N–H and O–H groups in total. The molecule has 32 heavy (non-hydrogen) atoms. The predicted octanol–water partition coefficient (Wildman–Crippen LogP) is 4.75. The van der Waals surface area contributed by atoms with Crippen LogP contribution in [0.5, 0.6) is 0 Å². The Morgan fingerprint density at radius 3 is 2.38 bits per heavy atom. The van der Waals surface area contributed by atoms with Crippen LogP contribution < -0.4 is 10.6 Å². The number of hydrogen-bond donors (Lipinski definition) is 2. The van der Waals surface area contributed by atoms with Crippen LogP contribution in [0.15, 0.2) is 54.9 Å². The van der Waals surface area contributed by atoms with E-state index in [0.717, 1.165) is 37.4 Å². The zero-order valence-corrected chi connectivity index (χ0v) is 17.6. The lowest BCUT2D eigenvalue weighted by atomic mass is 9.90. The summed E-state index contributed by atoms with van der Waals surface area (Å²) in [7, 11) is 0. The zero-order valence-electron chi connectivity index (χ0n) is 17.6. The van der Waals surface area contributed by atoms with Gasteiger partial charge in [0.05, 0.1) is 5.69 Å². The standard InChI is InChI=1S/C23H24F3N5O/c1-15-13-19(14-21(28-15)23(24,25)26)29-17-5-7-18(8-6-17)30-22(32)16-3-9-20(10-4-16)31-12-2-11-27-31/h2-4,9-14,17-18H,5-8H2,1H3,(H,28,29)(H,30,32). The number of hydrogen-bond acceptors (Lipinski definition) is 4. The smallest absolute Gasteiger partial charge is 0.382 e. The van der Waals surface area contributed by atoms with Crippen LogP contribution in [0.2, 0.25) is 0 Å². The number of anilines is 1. The maximum Gasteiger partial charge on any atom is 0.433 e. The van der Waals surface area contributed by atoms with Gasteiger partial charge < -0.3 is 10.6 Å². The molecule has 0 unspecified atom stereocenters. The highest BCUT2D eigenvalue weighted by Gasteiger charge is 2.33. The Morgan fingerprint density at radius 1 is 1.06 bits per heavy atom. The molecule has 2 heterocycles. The fourth-order valence-electron chi connectivity index (χ4n) is 3.97. The molecule has 0 atom stereocenters. The monoisotopic (exact) mass is 443 g/mol. The average Bonchev–Trinajstić information content (AvgIpc) is 3.29. The van der Waals surface area contributed by atoms with Crippen LogP contribution in [0.3, 0.4) is 0 Å². The first-order valence-corrected chi connectivity index (χ1v) is 10.5. The molecule has 4 rings (SSSR count). The maximum absolute atomic E-state index is 13.0. The molecule has 9 heteroatoms. The summed E-state index contributed by atoms with van der Waals surface area (Å²) in [4.78, 5) is 16.2. The second-order valence-electron chi connectivity index (χ2n) is 8.04. The first-order valence-electron chi connectivity index (χ1n) is 10.5.